The van der Waals surface area contributed by atoms with E-state index in [-0.39, 0.29) is 41.7 Å². The number of nitrogens with zero attached hydrogens (tertiary/aromatic N) is 4. The minimum atomic E-state index is -1.80. The molecule has 0 saturated carbocycles. The molecule has 2 atom stereocenters. The molecule has 0 aliphatic carbocycles. The van der Waals surface area contributed by atoms with Crippen LogP contribution in [-0.4, -0.2) is 49.5 Å². The van der Waals surface area contributed by atoms with E-state index in [2.05, 4.69) is 15.4 Å². The van der Waals surface area contributed by atoms with E-state index in [1.54, 1.807) is 31.2 Å². The minimum Gasteiger partial charge on any atom is -0.382 e. The average Bonchev–Trinajstić information content (AvgIpc) is 3.50. The van der Waals surface area contributed by atoms with Crippen molar-refractivity contribution in [3.63, 3.8) is 0 Å². The number of aliphatic hydroxyl groups is 1. The second kappa shape index (κ2) is 13.0. The fraction of sp³-hybridized carbons (Fsp3) is 0.267. The van der Waals surface area contributed by atoms with Gasteiger partial charge in [-0.15, -0.1) is 11.8 Å². The predicted octanol–water partition coefficient (Wildman–Crippen LogP) is 4.94. The van der Waals surface area contributed by atoms with Crippen LogP contribution in [0.15, 0.2) is 73.3 Å². The Labute approximate surface area is 249 Å². The van der Waals surface area contributed by atoms with Gasteiger partial charge >= 0.3 is 0 Å². The molecule has 4 aromatic rings. The summed E-state index contributed by atoms with van der Waals surface area (Å²) in [4.78, 5) is 16.5. The highest BCUT2D eigenvalue weighted by Crippen LogP contribution is 2.40. The molecule has 0 radical (unpaired) electrons. The lowest BCUT2D eigenvalue weighted by Crippen LogP contribution is -2.43. The summed E-state index contributed by atoms with van der Waals surface area (Å²) in [5, 5.41) is 26.4. The molecule has 2 N–H and O–H groups in total. The van der Waals surface area contributed by atoms with Crippen molar-refractivity contribution in [1.82, 2.24) is 14.8 Å². The first-order chi connectivity index (χ1) is 20.7. The van der Waals surface area contributed by atoms with Crippen molar-refractivity contribution in [3.05, 3.63) is 113 Å². The van der Waals surface area contributed by atoms with E-state index in [1.807, 2.05) is 6.07 Å². The molecule has 222 valence electrons. The Morgan fingerprint density at radius 2 is 1.88 bits per heavy atom. The quantitative estimate of drug-likeness (QED) is 0.274. The maximum atomic E-state index is 15.0. The Balaban J connectivity index is 1.22. The summed E-state index contributed by atoms with van der Waals surface area (Å²) in [5.74, 6) is -2.87. The highest BCUT2D eigenvalue weighted by Gasteiger charge is 2.41. The number of benzene rings is 3. The number of aromatic nitrogens is 3. The number of thioether (sulfide) groups is 1. The van der Waals surface area contributed by atoms with Crippen LogP contribution in [0.2, 0.25) is 0 Å². The number of nitriles is 1. The van der Waals surface area contributed by atoms with Crippen LogP contribution in [0.25, 0.3) is 0 Å². The summed E-state index contributed by atoms with van der Waals surface area (Å²) in [5.41, 5.74) is -0.787. The zero-order valence-electron chi connectivity index (χ0n) is 22.8. The molecule has 43 heavy (non-hydrogen) atoms. The van der Waals surface area contributed by atoms with Gasteiger partial charge in [-0.2, -0.15) is 10.4 Å². The highest BCUT2D eigenvalue weighted by molar-refractivity contribution is 8.00. The number of rotatable bonds is 9. The van der Waals surface area contributed by atoms with Gasteiger partial charge in [0, 0.05) is 33.7 Å². The summed E-state index contributed by atoms with van der Waals surface area (Å²) in [6.45, 7) is 1.82. The van der Waals surface area contributed by atoms with E-state index in [0.717, 1.165) is 12.1 Å². The monoisotopic (exact) mass is 609 g/mol. The predicted molar refractivity (Wildman–Crippen MR) is 151 cm³/mol. The van der Waals surface area contributed by atoms with E-state index in [0.29, 0.717) is 17.3 Å². The maximum absolute atomic E-state index is 15.0. The first kappa shape index (κ1) is 30.2. The highest BCUT2D eigenvalue weighted by atomic mass is 32.2. The van der Waals surface area contributed by atoms with Crippen molar-refractivity contribution in [3.8, 4) is 6.07 Å². The number of halogens is 3. The van der Waals surface area contributed by atoms with Crippen LogP contribution >= 0.6 is 11.8 Å². The van der Waals surface area contributed by atoms with E-state index >= 15 is 4.39 Å². The molecule has 1 amide bonds. The third-order valence-electron chi connectivity index (χ3n) is 6.99. The van der Waals surface area contributed by atoms with Crippen molar-refractivity contribution < 1.29 is 32.5 Å². The zero-order chi connectivity index (χ0) is 30.6. The van der Waals surface area contributed by atoms with Crippen LogP contribution in [-0.2, 0) is 21.6 Å². The lowest BCUT2D eigenvalue weighted by Gasteiger charge is -2.37. The molecule has 1 aliphatic rings. The van der Waals surface area contributed by atoms with Crippen LogP contribution in [0, 0.1) is 28.8 Å². The normalized spacial score (nSPS) is 18.8. The Morgan fingerprint density at radius 1 is 1.14 bits per heavy atom. The standard InChI is InChI=1S/C30H26F3N5O4S/c1-18(30(40,15-38-17-35-16-36-38)25-9-5-21(31)11-27(25)33)43-23-13-41-29(42-14-23)24-8-4-20(10-26(24)32)28(39)37-22-6-2-19(12-34)3-7-22/h2-11,16-18,23,29,40H,13-15H2,1H3,(H,37,39)/t18-,23?,29?,30-/m1/s1. The second-order valence-corrected chi connectivity index (χ2v) is 11.6. The fourth-order valence-corrected chi connectivity index (χ4v) is 5.99. The fourth-order valence-electron chi connectivity index (χ4n) is 4.67. The van der Waals surface area contributed by atoms with Gasteiger partial charge in [0.2, 0.25) is 0 Å². The number of amides is 1. The number of nitrogens with one attached hydrogen (secondary N) is 1. The number of hydrogen-bond acceptors (Lipinski definition) is 8. The van der Waals surface area contributed by atoms with Gasteiger partial charge in [-0.3, -0.25) is 4.79 Å². The number of anilines is 1. The Hall–Kier alpha value is -4.22. The summed E-state index contributed by atoms with van der Waals surface area (Å²) in [7, 11) is 0. The minimum absolute atomic E-state index is 0.0865. The molecule has 13 heteroatoms. The molecule has 0 spiro atoms. The van der Waals surface area contributed by atoms with E-state index < -0.39 is 40.5 Å². The van der Waals surface area contributed by atoms with Crippen molar-refractivity contribution in [1.29, 1.82) is 5.26 Å². The second-order valence-electron chi connectivity index (χ2n) is 9.92. The molecular weight excluding hydrogens is 583 g/mol. The van der Waals surface area contributed by atoms with Crippen molar-refractivity contribution in [2.75, 3.05) is 18.5 Å². The first-order valence-electron chi connectivity index (χ1n) is 13.2. The molecule has 1 fully saturated rings. The van der Waals surface area contributed by atoms with Gasteiger partial charge in [-0.05, 0) is 42.5 Å². The van der Waals surface area contributed by atoms with Crippen molar-refractivity contribution in [2.24, 2.45) is 0 Å². The third-order valence-corrected chi connectivity index (χ3v) is 8.45. The van der Waals surface area contributed by atoms with E-state index in [9.17, 15) is 18.7 Å². The smallest absolute Gasteiger partial charge is 0.255 e. The van der Waals surface area contributed by atoms with Crippen LogP contribution in [0.5, 0.6) is 0 Å². The third kappa shape index (κ3) is 6.89. The molecule has 3 aromatic carbocycles. The summed E-state index contributed by atoms with van der Waals surface area (Å²) in [6.07, 6.45) is 1.65. The molecule has 0 bridgehead atoms. The molecule has 1 aromatic heterocycles. The summed E-state index contributed by atoms with van der Waals surface area (Å²) >= 11 is 1.28. The van der Waals surface area contributed by atoms with Gasteiger partial charge in [-0.25, -0.2) is 22.8 Å². The molecule has 9 nitrogen and oxygen atoms in total. The Kier molecular flexibility index (Phi) is 9.12. The van der Waals surface area contributed by atoms with Crippen LogP contribution < -0.4 is 5.32 Å². The lowest BCUT2D eigenvalue weighted by atomic mass is 9.90. The summed E-state index contributed by atoms with van der Waals surface area (Å²) in [6, 6.07) is 15.2. The van der Waals surface area contributed by atoms with Crippen LogP contribution in [0.3, 0.4) is 0 Å². The SMILES string of the molecule is C[C@@H](SC1COC(c2ccc(C(=O)Nc3ccc(C#N)cc3)cc2F)OC1)[C@](O)(Cn1cncn1)c1ccc(F)cc1F. The van der Waals surface area contributed by atoms with Crippen LogP contribution in [0.1, 0.15) is 40.3 Å². The first-order valence-corrected chi connectivity index (χ1v) is 14.1. The van der Waals surface area contributed by atoms with E-state index in [4.69, 9.17) is 14.7 Å². The Morgan fingerprint density at radius 3 is 2.51 bits per heavy atom. The van der Waals surface area contributed by atoms with Crippen molar-refractivity contribution in [2.45, 2.75) is 35.9 Å². The van der Waals surface area contributed by atoms with E-state index in [1.165, 1.54) is 47.3 Å². The van der Waals surface area contributed by atoms with Gasteiger partial charge < -0.3 is 19.9 Å². The summed E-state index contributed by atoms with van der Waals surface area (Å²) < 4.78 is 56.4. The van der Waals surface area contributed by atoms with Gasteiger partial charge in [0.15, 0.2) is 6.29 Å². The number of carbonyl (C=O) groups is 1. The topological polar surface area (TPSA) is 122 Å². The number of carbonyl (C=O) groups excluding carboxylic acids is 1. The van der Waals surface area contributed by atoms with Crippen LogP contribution in [0.4, 0.5) is 18.9 Å². The van der Waals surface area contributed by atoms with Gasteiger partial charge in [0.25, 0.3) is 5.91 Å². The van der Waals surface area contributed by atoms with Gasteiger partial charge in [0.05, 0.1) is 36.6 Å². The molecule has 1 aliphatic heterocycles. The molecular formula is C30H26F3N5O4S. The molecule has 2 heterocycles. The average molecular weight is 610 g/mol. The Bertz CT molecular complexity index is 1630. The van der Waals surface area contributed by atoms with Gasteiger partial charge in [0.1, 0.15) is 35.7 Å². The van der Waals surface area contributed by atoms with Gasteiger partial charge in [-0.1, -0.05) is 19.1 Å². The number of ether oxygens (including phenoxy) is 2. The zero-order valence-corrected chi connectivity index (χ0v) is 23.6. The largest absolute Gasteiger partial charge is 0.382 e. The lowest BCUT2D eigenvalue weighted by molar-refractivity contribution is -0.181. The maximum Gasteiger partial charge on any atom is 0.255 e. The number of hydrogen-bond donors (Lipinski definition) is 2. The molecule has 5 rings (SSSR count). The molecule has 0 unspecified atom stereocenters. The van der Waals surface area contributed by atoms with Crippen molar-refractivity contribution >= 4 is 23.4 Å². The molecule has 1 saturated heterocycles.